The second-order valence-corrected chi connectivity index (χ2v) is 6.23. The van der Waals surface area contributed by atoms with Crippen LogP contribution in [-0.4, -0.2) is 25.1 Å². The van der Waals surface area contributed by atoms with Crippen LogP contribution in [0.2, 0.25) is 5.02 Å². The summed E-state index contributed by atoms with van der Waals surface area (Å²) >= 11 is 6.21. The van der Waals surface area contributed by atoms with Crippen molar-refractivity contribution < 1.29 is 4.52 Å². The molecule has 0 saturated heterocycles. The van der Waals surface area contributed by atoms with Crippen molar-refractivity contribution >= 4 is 11.6 Å². The molecule has 7 heteroatoms. The summed E-state index contributed by atoms with van der Waals surface area (Å²) in [6.45, 7) is 4.04. The molecule has 0 saturated carbocycles. The highest BCUT2D eigenvalue weighted by Crippen LogP contribution is 2.28. The summed E-state index contributed by atoms with van der Waals surface area (Å²) in [5, 5.41) is 13.1. The fourth-order valence-corrected chi connectivity index (χ4v) is 3.06. The van der Waals surface area contributed by atoms with Gasteiger partial charge in [0.25, 0.3) is 5.89 Å². The predicted molar refractivity (Wildman–Crippen MR) is 99.2 cm³/mol. The number of hydrogen-bond acceptors (Lipinski definition) is 5. The van der Waals surface area contributed by atoms with Crippen LogP contribution < -0.4 is 0 Å². The van der Waals surface area contributed by atoms with Gasteiger partial charge in [-0.2, -0.15) is 4.98 Å². The highest BCUT2D eigenvalue weighted by molar-refractivity contribution is 6.33. The number of para-hydroxylation sites is 1. The summed E-state index contributed by atoms with van der Waals surface area (Å²) in [6, 6.07) is 15.5. The van der Waals surface area contributed by atoms with Crippen molar-refractivity contribution in [2.75, 3.05) is 0 Å². The molecule has 26 heavy (non-hydrogen) atoms. The lowest BCUT2D eigenvalue weighted by Crippen LogP contribution is -2.02. The quantitative estimate of drug-likeness (QED) is 0.532. The summed E-state index contributed by atoms with van der Waals surface area (Å²) in [5.74, 6) is 0.742. The fourth-order valence-electron chi connectivity index (χ4n) is 2.84. The Balaban J connectivity index is 1.75. The van der Waals surface area contributed by atoms with Gasteiger partial charge in [-0.25, -0.2) is 4.68 Å². The van der Waals surface area contributed by atoms with E-state index in [1.54, 1.807) is 10.7 Å². The van der Waals surface area contributed by atoms with Crippen LogP contribution in [0.5, 0.6) is 0 Å². The Labute approximate surface area is 155 Å². The van der Waals surface area contributed by atoms with Crippen molar-refractivity contribution in [3.63, 3.8) is 0 Å². The molecule has 0 spiro atoms. The van der Waals surface area contributed by atoms with Crippen LogP contribution in [-0.2, 0) is 6.42 Å². The highest BCUT2D eigenvalue weighted by Gasteiger charge is 2.20. The highest BCUT2D eigenvalue weighted by atomic mass is 35.5. The molecule has 0 bridgehead atoms. The van der Waals surface area contributed by atoms with Gasteiger partial charge >= 0.3 is 0 Å². The van der Waals surface area contributed by atoms with Crippen LogP contribution in [0, 0.1) is 6.92 Å². The molecule has 6 nitrogen and oxygen atoms in total. The molecule has 0 unspecified atom stereocenters. The Morgan fingerprint density at radius 1 is 1.08 bits per heavy atom. The Morgan fingerprint density at radius 3 is 2.65 bits per heavy atom. The van der Waals surface area contributed by atoms with E-state index in [-0.39, 0.29) is 0 Å². The molecule has 2 aromatic heterocycles. The molecular weight excluding hydrogens is 350 g/mol. The lowest BCUT2D eigenvalue weighted by Gasteiger charge is -2.08. The van der Waals surface area contributed by atoms with E-state index >= 15 is 0 Å². The SMILES string of the molecule is CCc1ccccc1-n1nnc(-c2nc(-c3ccccc3Cl)no2)c1C. The molecule has 4 aromatic rings. The predicted octanol–water partition coefficient (Wildman–Crippen LogP) is 4.51. The van der Waals surface area contributed by atoms with E-state index in [1.807, 2.05) is 43.3 Å². The molecule has 0 aliphatic heterocycles. The van der Waals surface area contributed by atoms with E-state index in [1.165, 1.54) is 5.56 Å². The third-order valence-electron chi connectivity index (χ3n) is 4.24. The van der Waals surface area contributed by atoms with E-state index in [0.717, 1.165) is 17.8 Å². The number of hydrogen-bond donors (Lipinski definition) is 0. The number of halogens is 1. The lowest BCUT2D eigenvalue weighted by molar-refractivity contribution is 0.430. The first kappa shape index (κ1) is 16.5. The van der Waals surface area contributed by atoms with Crippen molar-refractivity contribution in [2.45, 2.75) is 20.3 Å². The van der Waals surface area contributed by atoms with Crippen LogP contribution in [0.3, 0.4) is 0 Å². The minimum Gasteiger partial charge on any atom is -0.332 e. The molecule has 0 fully saturated rings. The fraction of sp³-hybridized carbons (Fsp3) is 0.158. The second-order valence-electron chi connectivity index (χ2n) is 5.82. The Kier molecular flexibility index (Phi) is 4.26. The maximum absolute atomic E-state index is 6.21. The van der Waals surface area contributed by atoms with Gasteiger partial charge in [-0.1, -0.05) is 59.2 Å². The van der Waals surface area contributed by atoms with Gasteiger partial charge in [-0.3, -0.25) is 0 Å². The summed E-state index contributed by atoms with van der Waals surface area (Å²) in [7, 11) is 0. The molecule has 0 amide bonds. The van der Waals surface area contributed by atoms with E-state index in [4.69, 9.17) is 16.1 Å². The third-order valence-corrected chi connectivity index (χ3v) is 4.57. The largest absolute Gasteiger partial charge is 0.332 e. The van der Waals surface area contributed by atoms with Gasteiger partial charge in [0.15, 0.2) is 5.69 Å². The van der Waals surface area contributed by atoms with Crippen molar-refractivity contribution in [1.82, 2.24) is 25.1 Å². The Hall–Kier alpha value is -2.99. The minimum atomic E-state index is 0.317. The van der Waals surface area contributed by atoms with Crippen LogP contribution >= 0.6 is 11.6 Å². The maximum Gasteiger partial charge on any atom is 0.280 e. The Morgan fingerprint density at radius 2 is 1.85 bits per heavy atom. The third kappa shape index (κ3) is 2.78. The molecule has 0 aliphatic carbocycles. The molecule has 4 rings (SSSR count). The lowest BCUT2D eigenvalue weighted by atomic mass is 10.1. The maximum atomic E-state index is 6.21. The minimum absolute atomic E-state index is 0.317. The molecule has 130 valence electrons. The molecule has 0 radical (unpaired) electrons. The van der Waals surface area contributed by atoms with E-state index in [2.05, 4.69) is 33.4 Å². The second kappa shape index (κ2) is 6.72. The van der Waals surface area contributed by atoms with Crippen LogP contribution in [0.25, 0.3) is 28.7 Å². The number of aromatic nitrogens is 5. The van der Waals surface area contributed by atoms with Gasteiger partial charge in [0.05, 0.1) is 16.4 Å². The molecule has 0 aliphatic rings. The average molecular weight is 366 g/mol. The molecule has 0 atom stereocenters. The van der Waals surface area contributed by atoms with Gasteiger partial charge in [0.2, 0.25) is 5.82 Å². The monoisotopic (exact) mass is 365 g/mol. The zero-order valence-electron chi connectivity index (χ0n) is 14.3. The summed E-state index contributed by atoms with van der Waals surface area (Å²) in [4.78, 5) is 4.44. The van der Waals surface area contributed by atoms with Gasteiger partial charge in [0, 0.05) is 5.56 Å². The first-order valence-electron chi connectivity index (χ1n) is 8.28. The van der Waals surface area contributed by atoms with Crippen molar-refractivity contribution in [3.8, 4) is 28.7 Å². The van der Waals surface area contributed by atoms with Crippen molar-refractivity contribution in [3.05, 3.63) is 64.8 Å². The van der Waals surface area contributed by atoms with E-state index < -0.39 is 0 Å². The van der Waals surface area contributed by atoms with Gasteiger partial charge < -0.3 is 4.52 Å². The van der Waals surface area contributed by atoms with E-state index in [0.29, 0.717) is 28.0 Å². The van der Waals surface area contributed by atoms with Crippen LogP contribution in [0.4, 0.5) is 0 Å². The van der Waals surface area contributed by atoms with Gasteiger partial charge in [0.1, 0.15) is 0 Å². The van der Waals surface area contributed by atoms with Gasteiger partial charge in [-0.15, -0.1) is 5.10 Å². The zero-order valence-corrected chi connectivity index (χ0v) is 15.1. The van der Waals surface area contributed by atoms with Crippen LogP contribution in [0.15, 0.2) is 53.1 Å². The summed E-state index contributed by atoms with van der Waals surface area (Å²) in [6.07, 6.45) is 0.905. The summed E-state index contributed by atoms with van der Waals surface area (Å²) in [5.41, 5.74) is 4.29. The number of benzene rings is 2. The Bertz CT molecular complexity index is 1070. The van der Waals surface area contributed by atoms with Crippen molar-refractivity contribution in [1.29, 1.82) is 0 Å². The first-order chi connectivity index (χ1) is 12.7. The zero-order chi connectivity index (χ0) is 18.1. The number of aryl methyl sites for hydroxylation is 1. The number of rotatable bonds is 4. The van der Waals surface area contributed by atoms with Crippen LogP contribution in [0.1, 0.15) is 18.2 Å². The smallest absolute Gasteiger partial charge is 0.280 e. The van der Waals surface area contributed by atoms with Gasteiger partial charge in [-0.05, 0) is 37.1 Å². The first-order valence-corrected chi connectivity index (χ1v) is 8.66. The van der Waals surface area contributed by atoms with Crippen molar-refractivity contribution in [2.24, 2.45) is 0 Å². The number of nitrogens with zero attached hydrogens (tertiary/aromatic N) is 5. The molecular formula is C19H16ClN5O. The van der Waals surface area contributed by atoms with E-state index in [9.17, 15) is 0 Å². The topological polar surface area (TPSA) is 69.6 Å². The molecule has 2 aromatic carbocycles. The average Bonchev–Trinajstić information content (AvgIpc) is 3.29. The normalized spacial score (nSPS) is 11.0. The molecule has 0 N–H and O–H groups in total. The standard InChI is InChI=1S/C19H16ClN5O/c1-3-13-8-4-7-11-16(13)25-12(2)17(22-24-25)19-21-18(23-26-19)14-9-5-6-10-15(14)20/h4-11H,3H2,1-2H3. The summed E-state index contributed by atoms with van der Waals surface area (Å²) < 4.78 is 7.21. The molecule has 2 heterocycles.